The van der Waals surface area contributed by atoms with Gasteiger partial charge in [-0.3, -0.25) is 9.59 Å². The third-order valence-electron chi connectivity index (χ3n) is 6.23. The lowest BCUT2D eigenvalue weighted by Crippen LogP contribution is -2.33. The Morgan fingerprint density at radius 1 is 0.900 bits per heavy atom. The molecule has 0 aromatic heterocycles. The number of carbonyl (C=O) groups is 2. The van der Waals surface area contributed by atoms with Gasteiger partial charge in [0.15, 0.2) is 0 Å². The van der Waals surface area contributed by atoms with E-state index in [-0.39, 0.29) is 17.7 Å². The highest BCUT2D eigenvalue weighted by molar-refractivity contribution is 6.02. The van der Waals surface area contributed by atoms with Crippen molar-refractivity contribution in [2.24, 2.45) is 5.92 Å². The molecular formula is C25H31N3O2. The zero-order valence-corrected chi connectivity index (χ0v) is 17.5. The average Bonchev–Trinajstić information content (AvgIpc) is 3.34. The zero-order valence-electron chi connectivity index (χ0n) is 17.5. The highest BCUT2D eigenvalue weighted by Crippen LogP contribution is 2.29. The van der Waals surface area contributed by atoms with Gasteiger partial charge in [-0.1, -0.05) is 43.2 Å². The average molecular weight is 406 g/mol. The maximum atomic E-state index is 13.1. The lowest BCUT2D eigenvalue weighted by atomic mass is 10.0. The molecule has 0 spiro atoms. The smallest absolute Gasteiger partial charge is 0.253 e. The van der Waals surface area contributed by atoms with Gasteiger partial charge in [0, 0.05) is 36.9 Å². The number of hydrogen-bond donors (Lipinski definition) is 2. The van der Waals surface area contributed by atoms with Gasteiger partial charge >= 0.3 is 0 Å². The Kier molecular flexibility index (Phi) is 6.67. The molecule has 1 heterocycles. The molecule has 2 fully saturated rings. The van der Waals surface area contributed by atoms with Crippen LogP contribution < -0.4 is 15.5 Å². The number of carbonyl (C=O) groups excluding carboxylic acids is 2. The summed E-state index contributed by atoms with van der Waals surface area (Å²) in [6.07, 6.45) is 7.69. The normalized spacial score (nSPS) is 17.0. The molecule has 5 nitrogen and oxygen atoms in total. The molecule has 158 valence electrons. The minimum atomic E-state index is -0.101. The molecule has 1 aliphatic heterocycles. The predicted molar refractivity (Wildman–Crippen MR) is 121 cm³/mol. The monoisotopic (exact) mass is 405 g/mol. The van der Waals surface area contributed by atoms with E-state index >= 15 is 0 Å². The van der Waals surface area contributed by atoms with E-state index in [1.807, 2.05) is 48.5 Å². The second-order valence-corrected chi connectivity index (χ2v) is 8.42. The quantitative estimate of drug-likeness (QED) is 0.730. The van der Waals surface area contributed by atoms with E-state index in [0.29, 0.717) is 17.8 Å². The lowest BCUT2D eigenvalue weighted by molar-refractivity contribution is -0.119. The van der Waals surface area contributed by atoms with E-state index in [1.54, 1.807) is 0 Å². The maximum Gasteiger partial charge on any atom is 0.253 e. The molecule has 5 heteroatoms. The Morgan fingerprint density at radius 2 is 1.63 bits per heavy atom. The highest BCUT2D eigenvalue weighted by atomic mass is 16.2. The summed E-state index contributed by atoms with van der Waals surface area (Å²) >= 11 is 0. The second-order valence-electron chi connectivity index (χ2n) is 8.42. The molecule has 1 aliphatic carbocycles. The van der Waals surface area contributed by atoms with E-state index in [1.165, 1.54) is 6.42 Å². The van der Waals surface area contributed by atoms with Gasteiger partial charge in [-0.25, -0.2) is 0 Å². The lowest BCUT2D eigenvalue weighted by Gasteiger charge is -2.30. The first-order valence-electron chi connectivity index (χ1n) is 11.2. The fourth-order valence-electron chi connectivity index (χ4n) is 4.51. The van der Waals surface area contributed by atoms with Gasteiger partial charge in [-0.05, 0) is 55.9 Å². The Bertz CT molecular complexity index is 869. The number of rotatable bonds is 6. The molecule has 1 saturated heterocycles. The molecule has 2 aliphatic rings. The second kappa shape index (κ2) is 9.79. The number of nitrogens with zero attached hydrogens (tertiary/aromatic N) is 1. The van der Waals surface area contributed by atoms with Crippen LogP contribution in [0.3, 0.4) is 0 Å². The van der Waals surface area contributed by atoms with Crippen LogP contribution in [0.1, 0.15) is 60.9 Å². The summed E-state index contributed by atoms with van der Waals surface area (Å²) < 4.78 is 0. The van der Waals surface area contributed by atoms with Crippen molar-refractivity contribution < 1.29 is 9.59 Å². The fourth-order valence-corrected chi connectivity index (χ4v) is 4.51. The number of hydrogen-bond acceptors (Lipinski definition) is 3. The number of piperidine rings is 1. The first kappa shape index (κ1) is 20.5. The van der Waals surface area contributed by atoms with Gasteiger partial charge in [0.2, 0.25) is 5.91 Å². The third kappa shape index (κ3) is 5.02. The molecule has 2 N–H and O–H groups in total. The number of amides is 2. The zero-order chi connectivity index (χ0) is 20.8. The molecule has 4 rings (SSSR count). The SMILES string of the molecule is O=C(NCc1ccccc1)c1cc(NC(=O)C2CCCC2)ccc1N1CCCCC1. The number of nitrogens with one attached hydrogen (secondary N) is 2. The minimum absolute atomic E-state index is 0.0777. The van der Waals surface area contributed by atoms with Crippen LogP contribution in [0.25, 0.3) is 0 Å². The van der Waals surface area contributed by atoms with Crippen molar-refractivity contribution in [1.82, 2.24) is 5.32 Å². The summed E-state index contributed by atoms with van der Waals surface area (Å²) in [5, 5.41) is 6.10. The van der Waals surface area contributed by atoms with E-state index < -0.39 is 0 Å². The first-order valence-corrected chi connectivity index (χ1v) is 11.2. The van der Waals surface area contributed by atoms with Gasteiger partial charge in [0.25, 0.3) is 5.91 Å². The summed E-state index contributed by atoms with van der Waals surface area (Å²) in [5.74, 6) is 0.0763. The summed E-state index contributed by atoms with van der Waals surface area (Å²) in [6, 6.07) is 15.7. The van der Waals surface area contributed by atoms with E-state index in [2.05, 4.69) is 15.5 Å². The van der Waals surface area contributed by atoms with E-state index in [0.717, 1.165) is 62.9 Å². The number of benzene rings is 2. The van der Waals surface area contributed by atoms with Crippen LogP contribution in [-0.4, -0.2) is 24.9 Å². The topological polar surface area (TPSA) is 61.4 Å². The molecule has 1 saturated carbocycles. The van der Waals surface area contributed by atoms with Crippen LogP contribution in [0.5, 0.6) is 0 Å². The van der Waals surface area contributed by atoms with Gasteiger partial charge < -0.3 is 15.5 Å². The van der Waals surface area contributed by atoms with Crippen molar-refractivity contribution in [3.05, 3.63) is 59.7 Å². The summed E-state index contributed by atoms with van der Waals surface area (Å²) in [4.78, 5) is 28.0. The van der Waals surface area contributed by atoms with Crippen molar-refractivity contribution in [1.29, 1.82) is 0 Å². The molecule has 0 atom stereocenters. The van der Waals surface area contributed by atoms with E-state index in [4.69, 9.17) is 0 Å². The van der Waals surface area contributed by atoms with Crippen LogP contribution in [0, 0.1) is 5.92 Å². The van der Waals surface area contributed by atoms with Gasteiger partial charge in [0.05, 0.1) is 5.56 Å². The molecule has 2 amide bonds. The minimum Gasteiger partial charge on any atom is -0.371 e. The van der Waals surface area contributed by atoms with Crippen LogP contribution in [-0.2, 0) is 11.3 Å². The molecule has 2 aromatic carbocycles. The van der Waals surface area contributed by atoms with Crippen LogP contribution >= 0.6 is 0 Å². The molecule has 0 radical (unpaired) electrons. The molecular weight excluding hydrogens is 374 g/mol. The Hall–Kier alpha value is -2.82. The maximum absolute atomic E-state index is 13.1. The van der Waals surface area contributed by atoms with Crippen molar-refractivity contribution in [3.63, 3.8) is 0 Å². The van der Waals surface area contributed by atoms with Gasteiger partial charge in [0.1, 0.15) is 0 Å². The summed E-state index contributed by atoms with van der Waals surface area (Å²) in [5.41, 5.74) is 3.37. The van der Waals surface area contributed by atoms with Crippen molar-refractivity contribution >= 4 is 23.2 Å². The molecule has 0 unspecified atom stereocenters. The fraction of sp³-hybridized carbons (Fsp3) is 0.440. The van der Waals surface area contributed by atoms with Gasteiger partial charge in [-0.15, -0.1) is 0 Å². The largest absolute Gasteiger partial charge is 0.371 e. The molecule has 30 heavy (non-hydrogen) atoms. The Morgan fingerprint density at radius 3 is 2.37 bits per heavy atom. The summed E-state index contributed by atoms with van der Waals surface area (Å²) in [7, 11) is 0. The Balaban J connectivity index is 1.53. The van der Waals surface area contributed by atoms with Crippen LogP contribution in [0.4, 0.5) is 11.4 Å². The first-order chi connectivity index (χ1) is 14.7. The standard InChI is InChI=1S/C25H31N3O2/c29-24(20-11-5-6-12-20)27-21-13-14-23(28-15-7-2-8-16-28)22(17-21)25(30)26-18-19-9-3-1-4-10-19/h1,3-4,9-10,13-14,17,20H,2,5-8,11-12,15-16,18H2,(H,26,30)(H,27,29). The van der Waals surface area contributed by atoms with Crippen molar-refractivity contribution in [2.75, 3.05) is 23.3 Å². The van der Waals surface area contributed by atoms with Crippen LogP contribution in [0.2, 0.25) is 0 Å². The number of anilines is 2. The molecule has 2 aromatic rings. The van der Waals surface area contributed by atoms with Gasteiger partial charge in [-0.2, -0.15) is 0 Å². The van der Waals surface area contributed by atoms with Crippen molar-refractivity contribution in [3.8, 4) is 0 Å². The summed E-state index contributed by atoms with van der Waals surface area (Å²) in [6.45, 7) is 2.41. The predicted octanol–water partition coefficient (Wildman–Crippen LogP) is 4.74. The highest BCUT2D eigenvalue weighted by Gasteiger charge is 2.24. The third-order valence-corrected chi connectivity index (χ3v) is 6.23. The van der Waals surface area contributed by atoms with Crippen LogP contribution in [0.15, 0.2) is 48.5 Å². The van der Waals surface area contributed by atoms with Crippen molar-refractivity contribution in [2.45, 2.75) is 51.5 Å². The molecule has 0 bridgehead atoms. The van der Waals surface area contributed by atoms with E-state index in [9.17, 15) is 9.59 Å². The Labute approximate surface area is 178 Å².